The molecule has 0 aliphatic carbocycles. The van der Waals surface area contributed by atoms with Crippen LogP contribution in [0.25, 0.3) is 156 Å². The molecule has 0 fully saturated rings. The van der Waals surface area contributed by atoms with Crippen LogP contribution in [0, 0.1) is 34.6 Å². The number of aliphatic hydroxyl groups excluding tert-OH is 5. The van der Waals surface area contributed by atoms with E-state index in [1.807, 2.05) is 277 Å². The highest BCUT2D eigenvalue weighted by Crippen LogP contribution is 2.40. The van der Waals surface area contributed by atoms with Gasteiger partial charge in [-0.15, -0.1) is 0 Å². The molecule has 0 saturated carbocycles. The maximum atomic E-state index is 12.0. The molecule has 19 aromatic rings. The molecule has 15 N–H and O–H groups in total. The average molecular weight is 1930 g/mol. The Kier molecular flexibility index (Phi) is 31.3. The minimum atomic E-state index is -0.331. The molecule has 0 atom stereocenters. The molecule has 1 aliphatic heterocycles. The van der Waals surface area contributed by atoms with Crippen molar-refractivity contribution in [3.05, 3.63) is 368 Å². The van der Waals surface area contributed by atoms with Gasteiger partial charge in [0.05, 0.1) is 182 Å². The number of fused-ring (bicyclic) bond motifs is 5. The second-order valence-electron chi connectivity index (χ2n) is 33.3. The van der Waals surface area contributed by atoms with Crippen LogP contribution in [-0.4, -0.2) is 109 Å². The zero-order valence-electron chi connectivity index (χ0n) is 78.4. The standard InChI is InChI=1S/C26H25N3O3.C23H20BrN3O.C22H20N4O.C21H21N5O.C20H19N3O3/c1-3-32-26(31)22-10-8-18-12-21(9-7-19(18)13-22)24-16(2)28-25(23(15-30)29-24)20-6-4-5-17(11-20)14-27;1-14-22(19-6-5-17-11-20(24)8-7-16(17)10-19)27-21(13-28)23(26-14)18-4-2-3-15(9-18)12-25;1-14-21(18-8-7-16-6-3-9-24-19(16)11-18)26-20(13-27)22(25-14)17-5-2-4-15(10-17)12-23;1-13-20(16-6-7-19-17(9-16)23-12-26(19)2)25-18(11-27)21(24-13)15-5-3-4-14(8-15)10-22;1-12-19(15-5-6-17-18(8-15)26-11-25-17)23-16(10-24)20(22-12)14-4-2-3-13(7-14)9-21/h4-13,30H,3,14-15,27H2,1-2H3;2-11,28H,12-13,25H2,1H3;2-11,27H,12-13,23H2,1H3;3-9,12,27H,10-11,22H2,1-2H3;2-8,24H,9-11,21H2,1H3. The Labute approximate surface area is 817 Å². The molecule has 1 aliphatic rings. The summed E-state index contributed by atoms with van der Waals surface area (Å²) >= 11 is 3.51. The Balaban J connectivity index is 0.000000126. The van der Waals surface area contributed by atoms with Gasteiger partial charge in [-0.25, -0.2) is 59.6 Å². The molecule has 0 unspecified atom stereocenters. The molecule has 0 saturated heterocycles. The third kappa shape index (κ3) is 22.1. The maximum Gasteiger partial charge on any atom is 0.338 e. The Morgan fingerprint density at radius 1 is 0.336 bits per heavy atom. The summed E-state index contributed by atoms with van der Waals surface area (Å²) in [5.74, 6) is 1.08. The predicted molar refractivity (Wildman–Crippen MR) is 552 cm³/mol. The number of ether oxygens (including phenoxy) is 3. The van der Waals surface area contributed by atoms with Gasteiger partial charge in [-0.3, -0.25) is 4.98 Å². The number of nitrogens with two attached hydrogens (primary N) is 5. The van der Waals surface area contributed by atoms with Crippen molar-refractivity contribution >= 4 is 65.4 Å². The topological polar surface area (TPSA) is 436 Å². The highest BCUT2D eigenvalue weighted by Gasteiger charge is 2.24. The molecule has 704 valence electrons. The van der Waals surface area contributed by atoms with Crippen LogP contribution in [0.4, 0.5) is 0 Å². The number of aromatic nitrogens is 13. The zero-order valence-corrected chi connectivity index (χ0v) is 80.0. The van der Waals surface area contributed by atoms with Gasteiger partial charge in [0.15, 0.2) is 11.5 Å². The summed E-state index contributed by atoms with van der Waals surface area (Å²) in [4.78, 5) is 68.3. The largest absolute Gasteiger partial charge is 0.462 e. The smallest absolute Gasteiger partial charge is 0.338 e. The normalized spacial score (nSPS) is 11.4. The van der Waals surface area contributed by atoms with E-state index in [2.05, 4.69) is 55.1 Å². The van der Waals surface area contributed by atoms with Gasteiger partial charge < -0.3 is 73.0 Å². The van der Waals surface area contributed by atoms with Crippen molar-refractivity contribution < 1.29 is 44.5 Å². The van der Waals surface area contributed by atoms with Crippen LogP contribution in [0.1, 0.15) is 102 Å². The summed E-state index contributed by atoms with van der Waals surface area (Å²) in [5.41, 5.74) is 60.1. The average Bonchev–Trinajstić information content (AvgIpc) is 1.01. The monoisotopic (exact) mass is 1920 g/mol. The van der Waals surface area contributed by atoms with Gasteiger partial charge in [0, 0.05) is 111 Å². The first-order chi connectivity index (χ1) is 68.1. The number of benzene rings is 12. The van der Waals surface area contributed by atoms with E-state index in [-0.39, 0.29) is 45.8 Å². The van der Waals surface area contributed by atoms with E-state index < -0.39 is 0 Å². The Bertz CT molecular complexity index is 7810. The van der Waals surface area contributed by atoms with Crippen LogP contribution in [0.3, 0.4) is 0 Å². The number of rotatable bonds is 22. The van der Waals surface area contributed by atoms with Crippen molar-refractivity contribution in [3.63, 3.8) is 0 Å². The number of hydrogen-bond donors (Lipinski definition) is 10. The van der Waals surface area contributed by atoms with Crippen molar-refractivity contribution in [2.45, 2.75) is 107 Å². The fourth-order valence-corrected chi connectivity index (χ4v) is 17.1. The van der Waals surface area contributed by atoms with Gasteiger partial charge in [0.2, 0.25) is 6.79 Å². The lowest BCUT2D eigenvalue weighted by molar-refractivity contribution is 0.0526. The van der Waals surface area contributed by atoms with E-state index in [9.17, 15) is 30.3 Å². The molecule has 0 bridgehead atoms. The van der Waals surface area contributed by atoms with Crippen molar-refractivity contribution in [1.82, 2.24) is 64.4 Å². The third-order valence-corrected chi connectivity index (χ3v) is 24.4. The summed E-state index contributed by atoms with van der Waals surface area (Å²) in [6.45, 7) is 13.3. The molecular weight excluding hydrogens is 1820 g/mol. The minimum absolute atomic E-state index is 0.178. The first-order valence-electron chi connectivity index (χ1n) is 45.6. The molecule has 8 heterocycles. The SMILES string of the molecule is CCOC(=O)c1ccc2cc(-c3nc(CO)c(-c4cccc(CN)c4)nc3C)ccc2c1.Cc1nc(-c2cccc(CN)c2)c(CO)nc1-c1ccc2c(c1)OCO2.Cc1nc(-c2cccc(CN)c2)c(CO)nc1-c1ccc2c(c1)ncn2C.Cc1nc(-c2cccc(CN)c2)c(CO)nc1-c1ccc2cc(Br)ccc2c1.Cc1nc(-c2cccc(CN)c2)c(CO)nc1-c1ccc2cccnc2c1. The van der Waals surface area contributed by atoms with Crippen molar-refractivity contribution in [2.75, 3.05) is 13.4 Å². The van der Waals surface area contributed by atoms with Gasteiger partial charge in [0.25, 0.3) is 0 Å². The highest BCUT2D eigenvalue weighted by molar-refractivity contribution is 9.10. The van der Waals surface area contributed by atoms with Gasteiger partial charge >= 0.3 is 5.97 Å². The number of nitrogens with zero attached hydrogens (tertiary/aromatic N) is 13. The Hall–Kier alpha value is -15.4. The first-order valence-corrected chi connectivity index (χ1v) is 46.4. The lowest BCUT2D eigenvalue weighted by Gasteiger charge is -2.13. The molecule has 0 spiro atoms. The molecule has 27 nitrogen and oxygen atoms in total. The molecule has 20 rings (SSSR count). The van der Waals surface area contributed by atoms with Crippen LogP contribution in [0.15, 0.2) is 278 Å². The lowest BCUT2D eigenvalue weighted by atomic mass is 10.0. The molecule has 12 aromatic carbocycles. The summed E-state index contributed by atoms with van der Waals surface area (Å²) in [6, 6.07) is 84.7. The molecule has 0 amide bonds. The summed E-state index contributed by atoms with van der Waals surface area (Å²) in [7, 11) is 1.97. The van der Waals surface area contributed by atoms with Crippen LogP contribution in [-0.2, 0) is 77.5 Å². The maximum absolute atomic E-state index is 12.0. The summed E-state index contributed by atoms with van der Waals surface area (Å²) < 4.78 is 18.9. The number of pyridine rings is 1. The van der Waals surface area contributed by atoms with Crippen molar-refractivity contribution in [1.29, 1.82) is 0 Å². The van der Waals surface area contributed by atoms with Crippen molar-refractivity contribution in [3.8, 4) is 124 Å². The first kappa shape index (κ1) is 97.7. The van der Waals surface area contributed by atoms with E-state index in [1.54, 1.807) is 25.5 Å². The van der Waals surface area contributed by atoms with Gasteiger partial charge in [-0.1, -0.05) is 168 Å². The van der Waals surface area contributed by atoms with E-state index in [1.165, 1.54) is 0 Å². The predicted octanol–water partition coefficient (Wildman–Crippen LogP) is 18.8. The minimum Gasteiger partial charge on any atom is -0.462 e. The van der Waals surface area contributed by atoms with Gasteiger partial charge in [-0.2, -0.15) is 0 Å². The van der Waals surface area contributed by atoms with Gasteiger partial charge in [0.1, 0.15) is 0 Å². The number of esters is 1. The fourth-order valence-electron chi connectivity index (χ4n) is 16.7. The number of hydrogen-bond acceptors (Lipinski definition) is 26. The molecular formula is C112H105BrN18O9. The second kappa shape index (κ2) is 44.8. The van der Waals surface area contributed by atoms with Crippen LogP contribution < -0.4 is 38.1 Å². The number of halogens is 1. The summed E-state index contributed by atoms with van der Waals surface area (Å²) in [5, 5.41) is 54.9. The zero-order chi connectivity index (χ0) is 98.2. The number of aryl methyl sites for hydroxylation is 6. The summed E-state index contributed by atoms with van der Waals surface area (Å²) in [6.07, 6.45) is 3.57. The number of carbonyl (C=O) groups is 1. The van der Waals surface area contributed by atoms with Gasteiger partial charge in [-0.05, 0) is 200 Å². The molecule has 7 aromatic heterocycles. The van der Waals surface area contributed by atoms with E-state index in [0.29, 0.717) is 119 Å². The third-order valence-electron chi connectivity index (χ3n) is 23.9. The van der Waals surface area contributed by atoms with Crippen LogP contribution in [0.5, 0.6) is 11.5 Å². The fraction of sp³-hybridized carbons (Fsp3) is 0.170. The molecule has 140 heavy (non-hydrogen) atoms. The molecule has 28 heteroatoms. The lowest BCUT2D eigenvalue weighted by Crippen LogP contribution is -2.04. The van der Waals surface area contributed by atoms with E-state index in [4.69, 9.17) is 87.7 Å². The molecule has 0 radical (unpaired) electrons. The second-order valence-corrected chi connectivity index (χ2v) is 34.2. The Morgan fingerprint density at radius 3 is 1.06 bits per heavy atom. The van der Waals surface area contributed by atoms with Crippen molar-refractivity contribution in [2.24, 2.45) is 35.7 Å². The van der Waals surface area contributed by atoms with E-state index in [0.717, 1.165) is 183 Å². The van der Waals surface area contributed by atoms with Crippen LogP contribution >= 0.6 is 15.9 Å². The van der Waals surface area contributed by atoms with E-state index >= 15 is 0 Å². The Morgan fingerprint density at radius 2 is 0.664 bits per heavy atom. The number of imidazole rings is 1. The highest BCUT2D eigenvalue weighted by atomic mass is 79.9. The quantitative estimate of drug-likeness (QED) is 0.0282. The number of carbonyl (C=O) groups excluding carboxylic acids is 1. The number of aliphatic hydroxyl groups is 5. The van der Waals surface area contributed by atoms with Crippen LogP contribution in [0.2, 0.25) is 0 Å².